The number of rotatable bonds is 1. The van der Waals surface area contributed by atoms with Crippen molar-refractivity contribution in [1.29, 1.82) is 0 Å². The van der Waals surface area contributed by atoms with E-state index in [2.05, 4.69) is 0 Å². The van der Waals surface area contributed by atoms with E-state index in [1.165, 1.54) is 0 Å². The summed E-state index contributed by atoms with van der Waals surface area (Å²) < 4.78 is 14.0. The van der Waals surface area contributed by atoms with Gasteiger partial charge in [-0.3, -0.25) is 9.78 Å². The Morgan fingerprint density at radius 3 is 2.56 bits per heavy atom. The van der Waals surface area contributed by atoms with Gasteiger partial charge >= 0.3 is 5.69 Å². The first-order valence-electron chi connectivity index (χ1n) is 5.23. The second kappa shape index (κ2) is 4.14. The molecule has 0 saturated heterocycles. The van der Waals surface area contributed by atoms with Crippen molar-refractivity contribution in [2.45, 2.75) is 13.8 Å². The van der Waals surface area contributed by atoms with Crippen LogP contribution in [0.15, 0.2) is 27.8 Å². The van der Waals surface area contributed by atoms with Gasteiger partial charge in [-0.1, -0.05) is 17.7 Å². The summed E-state index contributed by atoms with van der Waals surface area (Å²) in [7, 11) is 0. The van der Waals surface area contributed by atoms with E-state index in [9.17, 15) is 19.1 Å². The largest absolute Gasteiger partial charge is 0.492 e. The number of aryl methyl sites for hydroxylation is 2. The quantitative estimate of drug-likeness (QED) is 0.792. The van der Waals surface area contributed by atoms with Crippen LogP contribution in [0.5, 0.6) is 5.88 Å². The van der Waals surface area contributed by atoms with E-state index >= 15 is 0 Å². The summed E-state index contributed by atoms with van der Waals surface area (Å²) in [4.78, 5) is 24.4. The maximum atomic E-state index is 13.3. The molecule has 1 aromatic carbocycles. The van der Waals surface area contributed by atoms with Crippen LogP contribution in [0.2, 0.25) is 0 Å². The topological polar surface area (TPSA) is 75.1 Å². The monoisotopic (exact) mass is 250 g/mol. The lowest BCUT2D eigenvalue weighted by Gasteiger charge is -2.11. The van der Waals surface area contributed by atoms with Gasteiger partial charge in [0, 0.05) is 0 Å². The Hall–Kier alpha value is -2.37. The van der Waals surface area contributed by atoms with Gasteiger partial charge in [0.25, 0.3) is 5.56 Å². The van der Waals surface area contributed by atoms with Gasteiger partial charge in [-0.2, -0.15) is 4.39 Å². The summed E-state index contributed by atoms with van der Waals surface area (Å²) in [6, 6.07) is 5.07. The van der Waals surface area contributed by atoms with Crippen molar-refractivity contribution in [3.05, 3.63) is 56.0 Å². The van der Waals surface area contributed by atoms with Crippen molar-refractivity contribution in [3.8, 4) is 11.6 Å². The number of H-pyrrole nitrogens is 1. The normalized spacial score (nSPS) is 10.6. The molecule has 18 heavy (non-hydrogen) atoms. The molecule has 1 heterocycles. The molecule has 2 N–H and O–H groups in total. The van der Waals surface area contributed by atoms with Crippen LogP contribution in [-0.4, -0.2) is 14.7 Å². The lowest BCUT2D eigenvalue weighted by Crippen LogP contribution is -2.31. The first kappa shape index (κ1) is 12.1. The zero-order valence-corrected chi connectivity index (χ0v) is 9.82. The van der Waals surface area contributed by atoms with E-state index < -0.39 is 22.9 Å². The number of halogens is 1. The van der Waals surface area contributed by atoms with Crippen LogP contribution in [-0.2, 0) is 0 Å². The molecular weight excluding hydrogens is 239 g/mol. The Morgan fingerprint density at radius 2 is 1.94 bits per heavy atom. The number of aromatic hydroxyl groups is 1. The Kier molecular flexibility index (Phi) is 2.78. The van der Waals surface area contributed by atoms with E-state index in [1.807, 2.05) is 6.92 Å². The summed E-state index contributed by atoms with van der Waals surface area (Å²) in [5.74, 6) is -2.37. The van der Waals surface area contributed by atoms with E-state index in [-0.39, 0.29) is 0 Å². The SMILES string of the molecule is Cc1ccc(-n2c(O)c(F)c(=O)[nH]c2=O)c(C)c1. The van der Waals surface area contributed by atoms with Crippen LogP contribution < -0.4 is 11.2 Å². The smallest absolute Gasteiger partial charge is 0.335 e. The highest BCUT2D eigenvalue weighted by Crippen LogP contribution is 2.19. The maximum absolute atomic E-state index is 13.3. The molecule has 0 atom stereocenters. The van der Waals surface area contributed by atoms with Crippen molar-refractivity contribution in [2.75, 3.05) is 0 Å². The third-order valence-corrected chi connectivity index (χ3v) is 2.62. The fourth-order valence-electron chi connectivity index (χ4n) is 1.78. The zero-order valence-electron chi connectivity index (χ0n) is 9.82. The second-order valence-electron chi connectivity index (χ2n) is 4.02. The highest BCUT2D eigenvalue weighted by Gasteiger charge is 2.16. The highest BCUT2D eigenvalue weighted by atomic mass is 19.1. The molecule has 0 aliphatic carbocycles. The van der Waals surface area contributed by atoms with Gasteiger partial charge in [0.1, 0.15) is 0 Å². The average Bonchev–Trinajstić information content (AvgIpc) is 2.29. The number of aromatic amines is 1. The summed E-state index contributed by atoms with van der Waals surface area (Å²) >= 11 is 0. The zero-order chi connectivity index (χ0) is 13.4. The van der Waals surface area contributed by atoms with Crippen LogP contribution in [0.1, 0.15) is 11.1 Å². The number of nitrogens with one attached hydrogen (secondary N) is 1. The molecule has 0 radical (unpaired) electrons. The van der Waals surface area contributed by atoms with Gasteiger partial charge in [-0.05, 0) is 25.5 Å². The van der Waals surface area contributed by atoms with E-state index in [4.69, 9.17) is 0 Å². The van der Waals surface area contributed by atoms with Gasteiger partial charge in [-0.25, -0.2) is 9.36 Å². The third kappa shape index (κ3) is 1.81. The number of benzene rings is 1. The van der Waals surface area contributed by atoms with Crippen molar-refractivity contribution in [2.24, 2.45) is 0 Å². The molecule has 0 unspecified atom stereocenters. The molecule has 94 valence electrons. The number of hydrogen-bond acceptors (Lipinski definition) is 3. The highest BCUT2D eigenvalue weighted by molar-refractivity contribution is 5.44. The van der Waals surface area contributed by atoms with Crippen molar-refractivity contribution in [1.82, 2.24) is 9.55 Å². The molecule has 0 aliphatic heterocycles. The molecule has 6 heteroatoms. The van der Waals surface area contributed by atoms with E-state index in [1.54, 1.807) is 30.1 Å². The first-order valence-corrected chi connectivity index (χ1v) is 5.23. The third-order valence-electron chi connectivity index (χ3n) is 2.62. The Labute approximate surface area is 101 Å². The molecule has 2 rings (SSSR count). The van der Waals surface area contributed by atoms with Crippen LogP contribution >= 0.6 is 0 Å². The number of nitrogens with zero attached hydrogens (tertiary/aromatic N) is 1. The van der Waals surface area contributed by atoms with Gasteiger partial charge in [0.2, 0.25) is 11.7 Å². The molecule has 0 saturated carbocycles. The molecule has 0 amide bonds. The van der Waals surface area contributed by atoms with Gasteiger partial charge < -0.3 is 5.11 Å². The summed E-state index contributed by atoms with van der Waals surface area (Å²) in [6.45, 7) is 3.59. The molecule has 2 aromatic rings. The minimum absolute atomic E-state index is 0.318. The van der Waals surface area contributed by atoms with E-state index in [0.717, 1.165) is 10.1 Å². The lowest BCUT2D eigenvalue weighted by molar-refractivity contribution is 0.386. The molecule has 0 bridgehead atoms. The Bertz CT molecular complexity index is 731. The Morgan fingerprint density at radius 1 is 1.28 bits per heavy atom. The molecule has 1 aromatic heterocycles. The standard InChI is InChI=1S/C12H11FN2O3/c1-6-3-4-8(7(2)5-6)15-11(17)9(13)10(16)14-12(15)18/h3-5,17H,1-2H3,(H,14,16,18). The van der Waals surface area contributed by atoms with Gasteiger partial charge in [-0.15, -0.1) is 0 Å². The molecular formula is C12H11FN2O3. The molecule has 0 aliphatic rings. The second-order valence-corrected chi connectivity index (χ2v) is 4.02. The number of aromatic nitrogens is 2. The van der Waals surface area contributed by atoms with Crippen LogP contribution in [0.25, 0.3) is 5.69 Å². The maximum Gasteiger partial charge on any atom is 0.335 e. The summed E-state index contributed by atoms with van der Waals surface area (Å²) in [5.41, 5.74) is -0.157. The minimum atomic E-state index is -1.38. The van der Waals surface area contributed by atoms with Crippen LogP contribution in [0, 0.1) is 19.7 Å². The summed E-state index contributed by atoms with van der Waals surface area (Å²) in [6.07, 6.45) is 0. The van der Waals surface area contributed by atoms with Crippen molar-refractivity contribution < 1.29 is 9.50 Å². The van der Waals surface area contributed by atoms with E-state index in [0.29, 0.717) is 11.3 Å². The van der Waals surface area contributed by atoms with Gasteiger partial charge in [0.15, 0.2) is 0 Å². The average molecular weight is 250 g/mol. The molecule has 5 nitrogen and oxygen atoms in total. The minimum Gasteiger partial charge on any atom is -0.492 e. The van der Waals surface area contributed by atoms with Crippen LogP contribution in [0.3, 0.4) is 0 Å². The fourth-order valence-corrected chi connectivity index (χ4v) is 1.78. The summed E-state index contributed by atoms with van der Waals surface area (Å²) in [5, 5.41) is 9.57. The molecule has 0 fully saturated rings. The van der Waals surface area contributed by atoms with Crippen molar-refractivity contribution >= 4 is 0 Å². The first-order chi connectivity index (χ1) is 8.41. The number of hydrogen-bond donors (Lipinski definition) is 2. The van der Waals surface area contributed by atoms with Crippen molar-refractivity contribution in [3.63, 3.8) is 0 Å². The predicted octanol–water partition coefficient (Wildman–Crippen LogP) is 0.987. The predicted molar refractivity (Wildman–Crippen MR) is 63.8 cm³/mol. The van der Waals surface area contributed by atoms with Crippen LogP contribution in [0.4, 0.5) is 4.39 Å². The molecule has 0 spiro atoms. The fraction of sp³-hybridized carbons (Fsp3) is 0.167. The lowest BCUT2D eigenvalue weighted by atomic mass is 10.1. The van der Waals surface area contributed by atoms with Gasteiger partial charge in [0.05, 0.1) is 5.69 Å². The Balaban J connectivity index is 2.84.